The number of ether oxygens (including phenoxy) is 1. The van der Waals surface area contributed by atoms with Crippen molar-refractivity contribution in [1.82, 2.24) is 25.1 Å². The van der Waals surface area contributed by atoms with Crippen LogP contribution in [0.2, 0.25) is 0 Å². The first-order valence-electron chi connectivity index (χ1n) is 8.84. The Hall–Kier alpha value is -3.29. The van der Waals surface area contributed by atoms with Crippen molar-refractivity contribution in [3.05, 3.63) is 71.3 Å². The Balaban J connectivity index is 1.84. The number of amides is 1. The van der Waals surface area contributed by atoms with Crippen LogP contribution >= 0.6 is 0 Å². The number of aryl methyl sites for hydroxylation is 1. The summed E-state index contributed by atoms with van der Waals surface area (Å²) in [6, 6.07) is 13.1. The number of tetrazole rings is 1. The topological polar surface area (TPSA) is 73.1 Å². The van der Waals surface area contributed by atoms with Crippen LogP contribution in [0.3, 0.4) is 0 Å². The van der Waals surface area contributed by atoms with Crippen LogP contribution in [-0.2, 0) is 17.8 Å². The van der Waals surface area contributed by atoms with E-state index in [0.29, 0.717) is 17.9 Å². The molecule has 0 fully saturated rings. The van der Waals surface area contributed by atoms with Crippen molar-refractivity contribution >= 4 is 5.91 Å². The zero-order chi connectivity index (χ0) is 20.1. The van der Waals surface area contributed by atoms with Gasteiger partial charge in [0.1, 0.15) is 23.4 Å². The van der Waals surface area contributed by atoms with Gasteiger partial charge in [0.2, 0.25) is 5.91 Å². The standard InChI is InChI=1S/C20H22FN5O2/c1-14-22-23-24-26(14)19(12-15-6-4-8-17(21)10-15)20(27)25(2)13-16-7-5-9-18(11-16)28-3/h4-11,19H,12-13H2,1-3H3. The number of carbonyl (C=O) groups excluding carboxylic acids is 1. The van der Waals surface area contributed by atoms with E-state index in [0.717, 1.165) is 11.3 Å². The Labute approximate surface area is 162 Å². The Kier molecular flexibility index (Phi) is 5.98. The fourth-order valence-corrected chi connectivity index (χ4v) is 3.07. The van der Waals surface area contributed by atoms with Gasteiger partial charge in [-0.3, -0.25) is 4.79 Å². The van der Waals surface area contributed by atoms with Gasteiger partial charge in [0.15, 0.2) is 0 Å². The molecule has 2 aromatic carbocycles. The highest BCUT2D eigenvalue weighted by atomic mass is 19.1. The number of benzene rings is 2. The minimum absolute atomic E-state index is 0.164. The maximum absolute atomic E-state index is 13.6. The van der Waals surface area contributed by atoms with Crippen LogP contribution in [-0.4, -0.2) is 45.2 Å². The molecule has 0 aliphatic heterocycles. The molecule has 7 nitrogen and oxygen atoms in total. The van der Waals surface area contributed by atoms with Crippen molar-refractivity contribution in [3.8, 4) is 5.75 Å². The molecule has 1 heterocycles. The Morgan fingerprint density at radius 2 is 1.96 bits per heavy atom. The molecule has 0 aliphatic carbocycles. The van der Waals surface area contributed by atoms with E-state index in [1.54, 1.807) is 38.1 Å². The average Bonchev–Trinajstić information content (AvgIpc) is 3.11. The minimum atomic E-state index is -0.674. The lowest BCUT2D eigenvalue weighted by atomic mass is 10.0. The molecule has 146 valence electrons. The quantitative estimate of drug-likeness (QED) is 0.627. The molecule has 0 radical (unpaired) electrons. The van der Waals surface area contributed by atoms with E-state index in [9.17, 15) is 9.18 Å². The van der Waals surface area contributed by atoms with Gasteiger partial charge in [-0.05, 0) is 52.7 Å². The number of halogens is 1. The van der Waals surface area contributed by atoms with Crippen molar-refractivity contribution in [3.63, 3.8) is 0 Å². The van der Waals surface area contributed by atoms with Gasteiger partial charge >= 0.3 is 0 Å². The molecule has 3 aromatic rings. The molecular weight excluding hydrogens is 361 g/mol. The van der Waals surface area contributed by atoms with Crippen molar-refractivity contribution in [2.75, 3.05) is 14.2 Å². The monoisotopic (exact) mass is 383 g/mol. The Morgan fingerprint density at radius 1 is 1.21 bits per heavy atom. The summed E-state index contributed by atoms with van der Waals surface area (Å²) in [6.07, 6.45) is 0.283. The number of hydrogen-bond acceptors (Lipinski definition) is 5. The predicted octanol–water partition coefficient (Wildman–Crippen LogP) is 2.57. The number of aromatic nitrogens is 4. The maximum atomic E-state index is 13.6. The normalized spacial score (nSPS) is 11.9. The molecule has 28 heavy (non-hydrogen) atoms. The molecule has 0 spiro atoms. The fraction of sp³-hybridized carbons (Fsp3) is 0.300. The highest BCUT2D eigenvalue weighted by Crippen LogP contribution is 2.20. The highest BCUT2D eigenvalue weighted by Gasteiger charge is 2.27. The lowest BCUT2D eigenvalue weighted by molar-refractivity contribution is -0.134. The largest absolute Gasteiger partial charge is 0.497 e. The number of likely N-dealkylation sites (N-methyl/N-ethyl adjacent to an activating group) is 1. The van der Waals surface area contributed by atoms with Gasteiger partial charge in [-0.25, -0.2) is 9.07 Å². The summed E-state index contributed by atoms with van der Waals surface area (Å²) < 4.78 is 20.3. The highest BCUT2D eigenvalue weighted by molar-refractivity contribution is 5.80. The molecule has 0 bridgehead atoms. The van der Waals surface area contributed by atoms with Crippen molar-refractivity contribution in [1.29, 1.82) is 0 Å². The molecule has 0 aliphatic rings. The summed E-state index contributed by atoms with van der Waals surface area (Å²) in [5.74, 6) is 0.736. The second kappa shape index (κ2) is 8.60. The van der Waals surface area contributed by atoms with Gasteiger partial charge in [-0.15, -0.1) is 5.10 Å². The first-order valence-corrected chi connectivity index (χ1v) is 8.84. The van der Waals surface area contributed by atoms with Gasteiger partial charge in [-0.2, -0.15) is 0 Å². The summed E-state index contributed by atoms with van der Waals surface area (Å²) in [7, 11) is 3.32. The lowest BCUT2D eigenvalue weighted by Crippen LogP contribution is -2.36. The molecule has 1 aromatic heterocycles. The number of nitrogens with zero attached hydrogens (tertiary/aromatic N) is 5. The van der Waals surface area contributed by atoms with Crippen molar-refractivity contribution in [2.24, 2.45) is 0 Å². The van der Waals surface area contributed by atoms with Gasteiger partial charge < -0.3 is 9.64 Å². The second-order valence-corrected chi connectivity index (χ2v) is 6.57. The van der Waals surface area contributed by atoms with Crippen LogP contribution in [0.1, 0.15) is 23.0 Å². The summed E-state index contributed by atoms with van der Waals surface area (Å²) in [6.45, 7) is 2.13. The van der Waals surface area contributed by atoms with Gasteiger partial charge in [0.05, 0.1) is 7.11 Å². The summed E-state index contributed by atoms with van der Waals surface area (Å²) in [5.41, 5.74) is 1.64. The van der Waals surface area contributed by atoms with E-state index in [2.05, 4.69) is 15.5 Å². The number of rotatable bonds is 7. The molecule has 1 unspecified atom stereocenters. The Morgan fingerprint density at radius 3 is 2.64 bits per heavy atom. The predicted molar refractivity (Wildman–Crippen MR) is 101 cm³/mol. The lowest BCUT2D eigenvalue weighted by Gasteiger charge is -2.24. The van der Waals surface area contributed by atoms with Crippen LogP contribution < -0.4 is 4.74 Å². The molecule has 0 N–H and O–H groups in total. The van der Waals surface area contributed by atoms with Crippen LogP contribution in [0.4, 0.5) is 4.39 Å². The van der Waals surface area contributed by atoms with Gasteiger partial charge in [0.25, 0.3) is 0 Å². The van der Waals surface area contributed by atoms with Crippen LogP contribution in [0, 0.1) is 12.7 Å². The summed E-state index contributed by atoms with van der Waals surface area (Å²) >= 11 is 0. The fourth-order valence-electron chi connectivity index (χ4n) is 3.07. The van der Waals surface area contributed by atoms with E-state index in [-0.39, 0.29) is 18.1 Å². The molecular formula is C20H22FN5O2. The molecule has 8 heteroatoms. The van der Waals surface area contributed by atoms with E-state index in [1.165, 1.54) is 16.8 Å². The number of methoxy groups -OCH3 is 1. The third kappa shape index (κ3) is 4.51. The second-order valence-electron chi connectivity index (χ2n) is 6.57. The number of carbonyl (C=O) groups is 1. The van der Waals surface area contributed by atoms with E-state index in [4.69, 9.17) is 4.74 Å². The molecule has 3 rings (SSSR count). The van der Waals surface area contributed by atoms with Crippen LogP contribution in [0.5, 0.6) is 5.75 Å². The minimum Gasteiger partial charge on any atom is -0.497 e. The molecule has 0 saturated heterocycles. The zero-order valence-corrected chi connectivity index (χ0v) is 16.0. The summed E-state index contributed by atoms with van der Waals surface area (Å²) in [5, 5.41) is 11.5. The molecule has 1 amide bonds. The van der Waals surface area contributed by atoms with Crippen molar-refractivity contribution < 1.29 is 13.9 Å². The summed E-state index contributed by atoms with van der Waals surface area (Å²) in [4.78, 5) is 14.8. The molecule has 0 saturated carbocycles. The van der Waals surface area contributed by atoms with Gasteiger partial charge in [-0.1, -0.05) is 24.3 Å². The Bertz CT molecular complexity index is 959. The third-order valence-corrected chi connectivity index (χ3v) is 4.49. The van der Waals surface area contributed by atoms with Crippen molar-refractivity contribution in [2.45, 2.75) is 25.9 Å². The average molecular weight is 383 g/mol. The third-order valence-electron chi connectivity index (χ3n) is 4.49. The SMILES string of the molecule is COc1cccc(CN(C)C(=O)C(Cc2cccc(F)c2)n2nnnc2C)c1. The van der Waals surface area contributed by atoms with Crippen LogP contribution in [0.25, 0.3) is 0 Å². The maximum Gasteiger partial charge on any atom is 0.247 e. The van der Waals surface area contributed by atoms with E-state index >= 15 is 0 Å². The first kappa shape index (κ1) is 19.5. The first-order chi connectivity index (χ1) is 13.5. The van der Waals surface area contributed by atoms with Gasteiger partial charge in [0, 0.05) is 20.0 Å². The van der Waals surface area contributed by atoms with E-state index in [1.807, 2.05) is 24.3 Å². The van der Waals surface area contributed by atoms with Crippen LogP contribution in [0.15, 0.2) is 48.5 Å². The molecule has 1 atom stereocenters. The van der Waals surface area contributed by atoms with E-state index < -0.39 is 6.04 Å². The number of hydrogen-bond donors (Lipinski definition) is 0. The zero-order valence-electron chi connectivity index (χ0n) is 16.0. The smallest absolute Gasteiger partial charge is 0.247 e.